The molecule has 1 aliphatic heterocycles. The molecule has 1 unspecified atom stereocenters. The predicted octanol–water partition coefficient (Wildman–Crippen LogP) is 3.18. The van der Waals surface area contributed by atoms with Crippen LogP contribution in [0.4, 0.5) is 0 Å². The van der Waals surface area contributed by atoms with Crippen molar-refractivity contribution in [3.05, 3.63) is 58.3 Å². The summed E-state index contributed by atoms with van der Waals surface area (Å²) in [4.78, 5) is 13.2. The fourth-order valence-corrected chi connectivity index (χ4v) is 4.62. The molecular formula is C23H35N5S. The smallest absolute Gasteiger partial charge is 0.193 e. The lowest BCUT2D eigenvalue weighted by atomic mass is 10.0. The lowest BCUT2D eigenvalue weighted by molar-refractivity contribution is 0.0891. The highest BCUT2D eigenvalue weighted by Gasteiger charge is 2.25. The molecule has 0 spiro atoms. The van der Waals surface area contributed by atoms with Crippen LogP contribution in [0.3, 0.4) is 0 Å². The van der Waals surface area contributed by atoms with Crippen LogP contribution in [0.2, 0.25) is 0 Å². The molecule has 0 saturated carbocycles. The molecule has 1 aliphatic rings. The second-order valence-corrected chi connectivity index (χ2v) is 8.84. The summed E-state index contributed by atoms with van der Waals surface area (Å²) in [5.41, 5.74) is 1.43. The van der Waals surface area contributed by atoms with Crippen LogP contribution >= 0.6 is 11.3 Å². The zero-order valence-corrected chi connectivity index (χ0v) is 18.9. The van der Waals surface area contributed by atoms with Gasteiger partial charge in [-0.2, -0.15) is 0 Å². The number of thiophene rings is 1. The third kappa shape index (κ3) is 6.56. The van der Waals surface area contributed by atoms with Crippen molar-refractivity contribution >= 4 is 17.3 Å². The van der Waals surface area contributed by atoms with Crippen LogP contribution in [0.5, 0.6) is 0 Å². The van der Waals surface area contributed by atoms with E-state index in [1.807, 2.05) is 18.4 Å². The molecule has 1 N–H and O–H groups in total. The normalized spacial score (nSPS) is 18.7. The minimum atomic E-state index is 0.489. The van der Waals surface area contributed by atoms with Crippen molar-refractivity contribution < 1.29 is 0 Å². The van der Waals surface area contributed by atoms with Gasteiger partial charge in [0.25, 0.3) is 0 Å². The molecule has 0 radical (unpaired) electrons. The van der Waals surface area contributed by atoms with E-state index in [4.69, 9.17) is 0 Å². The first-order chi connectivity index (χ1) is 14.2. The number of hydrogen-bond donors (Lipinski definition) is 1. The molecule has 29 heavy (non-hydrogen) atoms. The van der Waals surface area contributed by atoms with E-state index in [1.54, 1.807) is 0 Å². The Kier molecular flexibility index (Phi) is 8.52. The maximum absolute atomic E-state index is 4.46. The Labute approximate surface area is 180 Å². The zero-order valence-electron chi connectivity index (χ0n) is 18.1. The van der Waals surface area contributed by atoms with Crippen LogP contribution in [-0.2, 0) is 6.42 Å². The average Bonchev–Trinajstić information content (AvgIpc) is 3.27. The van der Waals surface area contributed by atoms with E-state index in [1.165, 1.54) is 10.4 Å². The summed E-state index contributed by atoms with van der Waals surface area (Å²) >= 11 is 1.82. The monoisotopic (exact) mass is 413 g/mol. The predicted molar refractivity (Wildman–Crippen MR) is 125 cm³/mol. The van der Waals surface area contributed by atoms with Crippen molar-refractivity contribution in [1.29, 1.82) is 0 Å². The molecule has 6 heteroatoms. The molecule has 3 rings (SSSR count). The SMILES string of the molecule is CN=C(NCCCN1CCN(C)CC1c1ccccc1)N(C)CCc1cccs1. The molecule has 1 aromatic heterocycles. The molecular weight excluding hydrogens is 378 g/mol. The van der Waals surface area contributed by atoms with Crippen molar-refractivity contribution in [3.63, 3.8) is 0 Å². The fraction of sp³-hybridized carbons (Fsp3) is 0.522. The van der Waals surface area contributed by atoms with Gasteiger partial charge in [-0.1, -0.05) is 36.4 Å². The van der Waals surface area contributed by atoms with Crippen molar-refractivity contribution in [2.24, 2.45) is 4.99 Å². The molecule has 0 bridgehead atoms. The van der Waals surface area contributed by atoms with Crippen LogP contribution in [-0.4, -0.2) is 81.1 Å². The van der Waals surface area contributed by atoms with Crippen molar-refractivity contribution in [3.8, 4) is 0 Å². The van der Waals surface area contributed by atoms with Crippen LogP contribution in [0.1, 0.15) is 22.9 Å². The van der Waals surface area contributed by atoms with Crippen LogP contribution < -0.4 is 5.32 Å². The highest BCUT2D eigenvalue weighted by molar-refractivity contribution is 7.09. The summed E-state index contributed by atoms with van der Waals surface area (Å²) in [6, 6.07) is 15.7. The van der Waals surface area contributed by atoms with E-state index in [0.29, 0.717) is 6.04 Å². The molecule has 158 valence electrons. The first kappa shape index (κ1) is 21.8. The number of rotatable bonds is 8. The van der Waals surface area contributed by atoms with Gasteiger partial charge in [0.2, 0.25) is 0 Å². The molecule has 2 heterocycles. The Hall–Kier alpha value is -1.89. The van der Waals surface area contributed by atoms with E-state index in [-0.39, 0.29) is 0 Å². The van der Waals surface area contributed by atoms with E-state index < -0.39 is 0 Å². The van der Waals surface area contributed by atoms with Crippen molar-refractivity contribution in [2.45, 2.75) is 18.9 Å². The minimum Gasteiger partial charge on any atom is -0.356 e. The lowest BCUT2D eigenvalue weighted by Crippen LogP contribution is -2.47. The maximum Gasteiger partial charge on any atom is 0.193 e. The van der Waals surface area contributed by atoms with E-state index in [9.17, 15) is 0 Å². The van der Waals surface area contributed by atoms with Crippen LogP contribution in [0, 0.1) is 0 Å². The highest BCUT2D eigenvalue weighted by atomic mass is 32.1. The van der Waals surface area contributed by atoms with Gasteiger partial charge in [0.1, 0.15) is 0 Å². The topological polar surface area (TPSA) is 34.1 Å². The van der Waals surface area contributed by atoms with Gasteiger partial charge in [-0.15, -0.1) is 11.3 Å². The molecule has 5 nitrogen and oxygen atoms in total. The van der Waals surface area contributed by atoms with Gasteiger partial charge in [-0.05, 0) is 36.9 Å². The first-order valence-corrected chi connectivity index (χ1v) is 11.5. The quantitative estimate of drug-likeness (QED) is 0.409. The first-order valence-electron chi connectivity index (χ1n) is 10.6. The molecule has 1 aromatic carbocycles. The number of likely N-dealkylation sites (N-methyl/N-ethyl adjacent to an activating group) is 2. The Morgan fingerprint density at radius 1 is 1.21 bits per heavy atom. The Balaban J connectivity index is 1.44. The van der Waals surface area contributed by atoms with E-state index in [0.717, 1.165) is 58.1 Å². The van der Waals surface area contributed by atoms with Crippen LogP contribution in [0.15, 0.2) is 52.8 Å². The number of guanidine groups is 1. The van der Waals surface area contributed by atoms with Gasteiger partial charge in [0, 0.05) is 64.3 Å². The summed E-state index contributed by atoms with van der Waals surface area (Å²) in [5.74, 6) is 0.986. The second kappa shape index (κ2) is 11.3. The molecule has 0 aliphatic carbocycles. The van der Waals surface area contributed by atoms with Gasteiger partial charge in [-0.3, -0.25) is 9.89 Å². The Morgan fingerprint density at radius 2 is 2.03 bits per heavy atom. The molecule has 1 atom stereocenters. The largest absolute Gasteiger partial charge is 0.356 e. The highest BCUT2D eigenvalue weighted by Crippen LogP contribution is 2.24. The third-order valence-electron chi connectivity index (χ3n) is 5.63. The number of nitrogens with one attached hydrogen (secondary N) is 1. The average molecular weight is 414 g/mol. The van der Waals surface area contributed by atoms with Gasteiger partial charge < -0.3 is 15.1 Å². The number of aliphatic imine (C=N–C) groups is 1. The maximum atomic E-state index is 4.46. The van der Waals surface area contributed by atoms with Gasteiger partial charge >= 0.3 is 0 Å². The Morgan fingerprint density at radius 3 is 2.76 bits per heavy atom. The third-order valence-corrected chi connectivity index (χ3v) is 6.57. The van der Waals surface area contributed by atoms with E-state index in [2.05, 4.69) is 86.9 Å². The van der Waals surface area contributed by atoms with Gasteiger partial charge in [-0.25, -0.2) is 0 Å². The number of hydrogen-bond acceptors (Lipinski definition) is 4. The standard InChI is InChI=1S/C23H35N5S/c1-24-23(27(3)15-12-21-11-7-18-29-21)25-13-8-14-28-17-16-26(2)19-22(28)20-9-5-4-6-10-20/h4-7,9-11,18,22H,8,12-17,19H2,1-3H3,(H,24,25). The number of piperazine rings is 1. The minimum absolute atomic E-state index is 0.489. The van der Waals surface area contributed by atoms with Crippen molar-refractivity contribution in [2.75, 3.05) is 60.4 Å². The molecule has 0 amide bonds. The summed E-state index contributed by atoms with van der Waals surface area (Å²) in [6.45, 7) is 6.41. The summed E-state index contributed by atoms with van der Waals surface area (Å²) in [7, 11) is 6.22. The number of benzene rings is 1. The van der Waals surface area contributed by atoms with Gasteiger partial charge in [0.05, 0.1) is 0 Å². The molecule has 2 aromatic rings. The summed E-state index contributed by atoms with van der Waals surface area (Å²) < 4.78 is 0. The van der Waals surface area contributed by atoms with Crippen LogP contribution in [0.25, 0.3) is 0 Å². The molecule has 1 fully saturated rings. The second-order valence-electron chi connectivity index (χ2n) is 7.80. The van der Waals surface area contributed by atoms with Crippen molar-refractivity contribution in [1.82, 2.24) is 20.0 Å². The summed E-state index contributed by atoms with van der Waals surface area (Å²) in [6.07, 6.45) is 2.18. The van der Waals surface area contributed by atoms with Gasteiger partial charge in [0.15, 0.2) is 5.96 Å². The molecule has 1 saturated heterocycles. The summed E-state index contributed by atoms with van der Waals surface area (Å²) in [5, 5.41) is 5.69. The lowest BCUT2D eigenvalue weighted by Gasteiger charge is -2.40. The van der Waals surface area contributed by atoms with E-state index >= 15 is 0 Å². The number of nitrogens with zero attached hydrogens (tertiary/aromatic N) is 4. The zero-order chi connectivity index (χ0) is 20.5. The fourth-order valence-electron chi connectivity index (χ4n) is 3.92. The Bertz CT molecular complexity index is 731.